The fourth-order valence-electron chi connectivity index (χ4n) is 3.72. The van der Waals surface area contributed by atoms with Crippen molar-refractivity contribution in [3.8, 4) is 11.5 Å². The minimum Gasteiger partial charge on any atom is -0.456 e. The van der Waals surface area contributed by atoms with E-state index >= 15 is 0 Å². The standard InChI is InChI=1S/C24H34O7S2/c1-2-3-4-5-6-7-8-9-10-11-14-20-17-18-21(19-24(20)33(28,29)30)31-22-15-12-13-16-23(22)32(25,26)27/h12-13,15-19H,2-11,14H2,1H3,(H,25,26,27)(H,28,29,30). The predicted octanol–water partition coefficient (Wildman–Crippen LogP) is 6.44. The highest BCUT2D eigenvalue weighted by molar-refractivity contribution is 7.86. The molecule has 2 N–H and O–H groups in total. The number of ether oxygens (including phenoxy) is 1. The zero-order valence-electron chi connectivity index (χ0n) is 19.1. The molecular formula is C24H34O7S2. The highest BCUT2D eigenvalue weighted by Crippen LogP contribution is 2.31. The van der Waals surface area contributed by atoms with Crippen LogP contribution in [0.2, 0.25) is 0 Å². The van der Waals surface area contributed by atoms with Crippen molar-refractivity contribution < 1.29 is 30.7 Å². The second-order valence-corrected chi connectivity index (χ2v) is 11.0. The molecule has 7 nitrogen and oxygen atoms in total. The highest BCUT2D eigenvalue weighted by Gasteiger charge is 2.19. The lowest BCUT2D eigenvalue weighted by atomic mass is 10.0. The van der Waals surface area contributed by atoms with E-state index < -0.39 is 25.1 Å². The molecule has 0 aliphatic rings. The Morgan fingerprint density at radius 3 is 1.82 bits per heavy atom. The maximum Gasteiger partial charge on any atom is 0.298 e. The van der Waals surface area contributed by atoms with E-state index in [0.717, 1.165) is 25.7 Å². The van der Waals surface area contributed by atoms with Crippen LogP contribution in [0.3, 0.4) is 0 Å². The van der Waals surface area contributed by atoms with Gasteiger partial charge >= 0.3 is 0 Å². The Morgan fingerprint density at radius 2 is 1.24 bits per heavy atom. The van der Waals surface area contributed by atoms with Gasteiger partial charge in [0.25, 0.3) is 20.2 Å². The first-order valence-electron chi connectivity index (χ1n) is 11.5. The zero-order chi connectivity index (χ0) is 24.3. The van der Waals surface area contributed by atoms with Crippen molar-refractivity contribution in [2.45, 2.75) is 87.3 Å². The van der Waals surface area contributed by atoms with Crippen molar-refractivity contribution in [1.82, 2.24) is 0 Å². The Hall–Kier alpha value is -1.94. The lowest BCUT2D eigenvalue weighted by Gasteiger charge is -2.12. The molecule has 0 bridgehead atoms. The summed E-state index contributed by atoms with van der Waals surface area (Å²) in [4.78, 5) is -0.701. The summed E-state index contributed by atoms with van der Waals surface area (Å²) in [7, 11) is -9.02. The molecule has 33 heavy (non-hydrogen) atoms. The van der Waals surface area contributed by atoms with Gasteiger partial charge in [0.1, 0.15) is 21.3 Å². The van der Waals surface area contributed by atoms with E-state index in [4.69, 9.17) is 4.74 Å². The molecule has 0 saturated carbocycles. The Morgan fingerprint density at radius 1 is 0.697 bits per heavy atom. The molecular weight excluding hydrogens is 464 g/mol. The van der Waals surface area contributed by atoms with Gasteiger partial charge in [-0.05, 0) is 36.6 Å². The van der Waals surface area contributed by atoms with Crippen LogP contribution in [-0.2, 0) is 26.7 Å². The van der Waals surface area contributed by atoms with Crippen molar-refractivity contribution >= 4 is 20.2 Å². The van der Waals surface area contributed by atoms with Gasteiger partial charge in [-0.15, -0.1) is 0 Å². The third kappa shape index (κ3) is 9.44. The van der Waals surface area contributed by atoms with Crippen LogP contribution in [0.5, 0.6) is 11.5 Å². The quantitative estimate of drug-likeness (QED) is 0.214. The summed E-state index contributed by atoms with van der Waals surface area (Å²) < 4.78 is 71.5. The van der Waals surface area contributed by atoms with E-state index in [1.807, 2.05) is 0 Å². The van der Waals surface area contributed by atoms with E-state index in [9.17, 15) is 25.9 Å². The maximum atomic E-state index is 11.9. The summed E-state index contributed by atoms with van der Waals surface area (Å²) in [5.41, 5.74) is 0.479. The normalized spacial score (nSPS) is 12.1. The van der Waals surface area contributed by atoms with Crippen LogP contribution < -0.4 is 4.74 Å². The molecule has 0 aliphatic carbocycles. The second-order valence-electron chi connectivity index (χ2n) is 8.20. The average Bonchev–Trinajstić information content (AvgIpc) is 2.75. The Kier molecular flexibility index (Phi) is 10.8. The lowest BCUT2D eigenvalue weighted by molar-refractivity contribution is 0.446. The fraction of sp³-hybridized carbons (Fsp3) is 0.500. The maximum absolute atomic E-state index is 11.9. The molecule has 0 fully saturated rings. The van der Waals surface area contributed by atoms with Crippen molar-refractivity contribution in [3.05, 3.63) is 48.0 Å². The Balaban J connectivity index is 1.98. The molecule has 2 aromatic rings. The van der Waals surface area contributed by atoms with Crippen LogP contribution in [0.25, 0.3) is 0 Å². The van der Waals surface area contributed by atoms with E-state index in [0.29, 0.717) is 12.0 Å². The number of benzene rings is 2. The number of hydrogen-bond acceptors (Lipinski definition) is 5. The summed E-state index contributed by atoms with van der Waals surface area (Å²) in [5, 5.41) is 0. The first-order chi connectivity index (χ1) is 15.6. The highest BCUT2D eigenvalue weighted by atomic mass is 32.2. The van der Waals surface area contributed by atoms with Gasteiger partial charge in [-0.25, -0.2) is 0 Å². The summed E-state index contributed by atoms with van der Waals surface area (Å²) in [6.45, 7) is 2.21. The molecule has 0 unspecified atom stereocenters. The Labute approximate surface area is 197 Å². The molecule has 0 spiro atoms. The molecule has 0 aromatic heterocycles. The Bertz CT molecular complexity index is 1090. The molecule has 2 rings (SSSR count). The molecule has 2 aromatic carbocycles. The van der Waals surface area contributed by atoms with Gasteiger partial charge in [-0.3, -0.25) is 9.11 Å². The van der Waals surface area contributed by atoms with Gasteiger partial charge in [0.15, 0.2) is 0 Å². The molecule has 0 radical (unpaired) electrons. The molecule has 184 valence electrons. The van der Waals surface area contributed by atoms with Crippen LogP contribution in [0.1, 0.15) is 76.7 Å². The fourth-order valence-corrected chi connectivity index (χ4v) is 5.10. The number of aryl methyl sites for hydroxylation is 1. The smallest absolute Gasteiger partial charge is 0.298 e. The van der Waals surface area contributed by atoms with E-state index in [2.05, 4.69) is 6.92 Å². The van der Waals surface area contributed by atoms with E-state index in [1.54, 1.807) is 6.07 Å². The number of rotatable bonds is 15. The zero-order valence-corrected chi connectivity index (χ0v) is 20.7. The largest absolute Gasteiger partial charge is 0.456 e. The third-order valence-corrected chi connectivity index (χ3v) is 7.30. The van der Waals surface area contributed by atoms with Crippen molar-refractivity contribution in [1.29, 1.82) is 0 Å². The predicted molar refractivity (Wildman–Crippen MR) is 128 cm³/mol. The monoisotopic (exact) mass is 498 g/mol. The van der Waals surface area contributed by atoms with Crippen LogP contribution in [0, 0.1) is 0 Å². The molecule has 0 saturated heterocycles. The van der Waals surface area contributed by atoms with Crippen molar-refractivity contribution in [2.75, 3.05) is 0 Å². The van der Waals surface area contributed by atoms with Crippen molar-refractivity contribution in [3.63, 3.8) is 0 Å². The minimum atomic E-state index is -4.52. The van der Waals surface area contributed by atoms with Crippen molar-refractivity contribution in [2.24, 2.45) is 0 Å². The number of para-hydroxylation sites is 1. The van der Waals surface area contributed by atoms with Gasteiger partial charge in [-0.1, -0.05) is 82.9 Å². The molecule has 0 amide bonds. The summed E-state index contributed by atoms with van der Waals surface area (Å²) in [6, 6.07) is 9.70. The van der Waals surface area contributed by atoms with Gasteiger partial charge in [-0.2, -0.15) is 16.8 Å². The van der Waals surface area contributed by atoms with Crippen LogP contribution in [0.4, 0.5) is 0 Å². The van der Waals surface area contributed by atoms with Crippen LogP contribution >= 0.6 is 0 Å². The van der Waals surface area contributed by atoms with Gasteiger partial charge < -0.3 is 4.74 Å². The summed E-state index contributed by atoms with van der Waals surface area (Å²) in [6.07, 6.45) is 12.1. The van der Waals surface area contributed by atoms with Gasteiger partial charge in [0, 0.05) is 6.07 Å². The van der Waals surface area contributed by atoms with E-state index in [1.165, 1.54) is 74.9 Å². The van der Waals surface area contributed by atoms with Crippen LogP contribution in [0.15, 0.2) is 52.3 Å². The molecule has 0 heterocycles. The molecule has 0 aliphatic heterocycles. The number of hydrogen-bond donors (Lipinski definition) is 2. The van der Waals surface area contributed by atoms with E-state index in [-0.39, 0.29) is 16.4 Å². The average molecular weight is 499 g/mol. The summed E-state index contributed by atoms with van der Waals surface area (Å²) in [5.74, 6) is -0.116. The second kappa shape index (κ2) is 13.1. The van der Waals surface area contributed by atoms with Crippen LogP contribution in [-0.4, -0.2) is 25.9 Å². The third-order valence-electron chi connectivity index (χ3n) is 5.47. The lowest BCUT2D eigenvalue weighted by Crippen LogP contribution is -2.05. The molecule has 0 atom stereocenters. The number of unbranched alkanes of at least 4 members (excludes halogenated alkanes) is 9. The van der Waals surface area contributed by atoms with Gasteiger partial charge in [0.2, 0.25) is 0 Å². The SMILES string of the molecule is CCCCCCCCCCCCc1ccc(Oc2ccccc2S(=O)(=O)O)cc1S(=O)(=O)O. The van der Waals surface area contributed by atoms with Gasteiger partial charge in [0.05, 0.1) is 0 Å². The minimum absolute atomic E-state index is 0.0329. The topological polar surface area (TPSA) is 118 Å². The summed E-state index contributed by atoms with van der Waals surface area (Å²) >= 11 is 0. The first kappa shape index (κ1) is 27.3. The first-order valence-corrected chi connectivity index (χ1v) is 14.4. The molecule has 9 heteroatoms.